The van der Waals surface area contributed by atoms with Gasteiger partial charge in [0.1, 0.15) is 5.82 Å². The molecule has 1 aromatic carbocycles. The van der Waals surface area contributed by atoms with E-state index in [1.165, 1.54) is 6.07 Å². The first-order valence-corrected chi connectivity index (χ1v) is 8.49. The number of ether oxygens (including phenoxy) is 2. The maximum Gasteiger partial charge on any atom is 0.317 e. The molecule has 1 saturated heterocycles. The van der Waals surface area contributed by atoms with Crippen LogP contribution >= 0.6 is 0 Å². The van der Waals surface area contributed by atoms with E-state index in [0.29, 0.717) is 38.3 Å². The average Bonchev–Trinajstić information content (AvgIpc) is 2.58. The summed E-state index contributed by atoms with van der Waals surface area (Å²) in [6.07, 6.45) is 2.34. The van der Waals surface area contributed by atoms with E-state index in [-0.39, 0.29) is 24.0 Å². The monoisotopic (exact) mass is 338 g/mol. The van der Waals surface area contributed by atoms with Crippen molar-refractivity contribution in [1.82, 2.24) is 10.2 Å². The lowest BCUT2D eigenvalue weighted by Gasteiger charge is -2.32. The first-order valence-electron chi connectivity index (χ1n) is 8.49. The number of benzene rings is 1. The average molecular weight is 338 g/mol. The van der Waals surface area contributed by atoms with E-state index in [4.69, 9.17) is 9.47 Å². The van der Waals surface area contributed by atoms with Gasteiger partial charge >= 0.3 is 6.03 Å². The fourth-order valence-corrected chi connectivity index (χ4v) is 2.87. The van der Waals surface area contributed by atoms with Crippen molar-refractivity contribution < 1.29 is 18.7 Å². The molecule has 0 aromatic heterocycles. The lowest BCUT2D eigenvalue weighted by molar-refractivity contribution is -0.00928. The van der Waals surface area contributed by atoms with E-state index in [2.05, 4.69) is 5.32 Å². The Balaban J connectivity index is 1.72. The number of carbonyl (C=O) groups is 1. The van der Waals surface area contributed by atoms with Gasteiger partial charge in [0.25, 0.3) is 0 Å². The SMILES string of the molecule is COCCOC1CCN(C(=O)N[C@@H](C)Cc2ccccc2F)CC1. The third-order valence-electron chi connectivity index (χ3n) is 4.22. The molecule has 1 aliphatic rings. The zero-order chi connectivity index (χ0) is 17.4. The van der Waals surface area contributed by atoms with Crippen LogP contribution in [0.4, 0.5) is 9.18 Å². The topological polar surface area (TPSA) is 50.8 Å². The van der Waals surface area contributed by atoms with Gasteiger partial charge in [-0.3, -0.25) is 0 Å². The largest absolute Gasteiger partial charge is 0.382 e. The normalized spacial score (nSPS) is 16.9. The molecule has 2 amide bonds. The molecule has 0 saturated carbocycles. The predicted octanol–water partition coefficient (Wildman–Crippen LogP) is 2.59. The third kappa shape index (κ3) is 5.76. The van der Waals surface area contributed by atoms with E-state index in [1.807, 2.05) is 6.92 Å². The van der Waals surface area contributed by atoms with Gasteiger partial charge < -0.3 is 19.7 Å². The van der Waals surface area contributed by atoms with Crippen molar-refractivity contribution in [2.45, 2.75) is 38.3 Å². The quantitative estimate of drug-likeness (QED) is 0.778. The molecule has 0 bridgehead atoms. The number of piperidine rings is 1. The van der Waals surface area contributed by atoms with Crippen molar-refractivity contribution in [1.29, 1.82) is 0 Å². The number of nitrogens with zero attached hydrogens (tertiary/aromatic N) is 1. The van der Waals surface area contributed by atoms with Crippen LogP contribution in [0.2, 0.25) is 0 Å². The minimum absolute atomic E-state index is 0.0887. The molecule has 5 nitrogen and oxygen atoms in total. The van der Waals surface area contributed by atoms with Gasteiger partial charge in [0.05, 0.1) is 19.3 Å². The number of urea groups is 1. The zero-order valence-electron chi connectivity index (χ0n) is 14.5. The van der Waals surface area contributed by atoms with E-state index in [1.54, 1.807) is 30.2 Å². The standard InChI is InChI=1S/C18H27FN2O3/c1-14(13-15-5-3-4-6-17(15)19)20-18(22)21-9-7-16(8-10-21)24-12-11-23-2/h3-6,14,16H,7-13H2,1-2H3,(H,20,22)/t14-/m0/s1. The molecule has 1 heterocycles. The second-order valence-corrected chi connectivity index (χ2v) is 6.20. The number of likely N-dealkylation sites (tertiary alicyclic amines) is 1. The van der Waals surface area contributed by atoms with E-state index in [9.17, 15) is 9.18 Å². The fraction of sp³-hybridized carbons (Fsp3) is 0.611. The summed E-state index contributed by atoms with van der Waals surface area (Å²) in [5, 5.41) is 2.95. The number of hydrogen-bond acceptors (Lipinski definition) is 3. The van der Waals surface area contributed by atoms with Crippen LogP contribution in [0.25, 0.3) is 0 Å². The summed E-state index contributed by atoms with van der Waals surface area (Å²) in [6.45, 7) is 4.43. The molecule has 0 radical (unpaired) electrons. The Morgan fingerprint density at radius 3 is 2.71 bits per heavy atom. The highest BCUT2D eigenvalue weighted by molar-refractivity contribution is 5.74. The Morgan fingerprint density at radius 1 is 1.33 bits per heavy atom. The summed E-state index contributed by atoms with van der Waals surface area (Å²) >= 11 is 0. The molecule has 1 atom stereocenters. The van der Waals surface area contributed by atoms with Gasteiger partial charge in [-0.2, -0.15) is 0 Å². The van der Waals surface area contributed by atoms with Crippen molar-refractivity contribution in [2.24, 2.45) is 0 Å². The number of methoxy groups -OCH3 is 1. The van der Waals surface area contributed by atoms with Crippen molar-refractivity contribution in [3.05, 3.63) is 35.6 Å². The van der Waals surface area contributed by atoms with E-state index < -0.39 is 0 Å². The van der Waals surface area contributed by atoms with Crippen molar-refractivity contribution in [2.75, 3.05) is 33.4 Å². The summed E-state index contributed by atoms with van der Waals surface area (Å²) in [7, 11) is 1.65. The molecule has 0 spiro atoms. The molecule has 134 valence electrons. The molecule has 1 fully saturated rings. The van der Waals surface area contributed by atoms with Crippen LogP contribution in [0.3, 0.4) is 0 Å². The Bertz CT molecular complexity index is 519. The van der Waals surface area contributed by atoms with Crippen LogP contribution in [0, 0.1) is 5.82 Å². The van der Waals surface area contributed by atoms with Gasteiger partial charge in [-0.15, -0.1) is 0 Å². The second-order valence-electron chi connectivity index (χ2n) is 6.20. The zero-order valence-corrected chi connectivity index (χ0v) is 14.5. The van der Waals surface area contributed by atoms with Gasteiger partial charge in [-0.25, -0.2) is 9.18 Å². The van der Waals surface area contributed by atoms with E-state index >= 15 is 0 Å². The number of nitrogens with one attached hydrogen (secondary N) is 1. The molecule has 24 heavy (non-hydrogen) atoms. The molecule has 1 N–H and O–H groups in total. The highest BCUT2D eigenvalue weighted by Crippen LogP contribution is 2.14. The Labute approximate surface area is 143 Å². The number of rotatable bonds is 7. The summed E-state index contributed by atoms with van der Waals surface area (Å²) in [4.78, 5) is 14.1. The lowest BCUT2D eigenvalue weighted by Crippen LogP contribution is -2.48. The minimum atomic E-state index is -0.229. The maximum atomic E-state index is 13.7. The van der Waals surface area contributed by atoms with Crippen molar-refractivity contribution in [3.63, 3.8) is 0 Å². The summed E-state index contributed by atoms with van der Waals surface area (Å²) < 4.78 is 24.3. The van der Waals surface area contributed by atoms with Gasteiger partial charge in [-0.1, -0.05) is 18.2 Å². The Morgan fingerprint density at radius 2 is 2.04 bits per heavy atom. The van der Waals surface area contributed by atoms with Crippen LogP contribution in [0.5, 0.6) is 0 Å². The van der Waals surface area contributed by atoms with E-state index in [0.717, 1.165) is 12.8 Å². The van der Waals surface area contributed by atoms with Gasteiger partial charge in [0, 0.05) is 26.2 Å². The molecule has 6 heteroatoms. The lowest BCUT2D eigenvalue weighted by atomic mass is 10.1. The summed E-state index contributed by atoms with van der Waals surface area (Å²) in [5.74, 6) is -0.229. The fourth-order valence-electron chi connectivity index (χ4n) is 2.87. The molecule has 2 rings (SSSR count). The van der Waals surface area contributed by atoms with Crippen LogP contribution < -0.4 is 5.32 Å². The van der Waals surface area contributed by atoms with Gasteiger partial charge in [0.15, 0.2) is 0 Å². The highest BCUT2D eigenvalue weighted by Gasteiger charge is 2.24. The van der Waals surface area contributed by atoms with Crippen molar-refractivity contribution in [3.8, 4) is 0 Å². The second kappa shape index (κ2) is 9.59. The third-order valence-corrected chi connectivity index (χ3v) is 4.22. The van der Waals surface area contributed by atoms with Gasteiger partial charge in [0.2, 0.25) is 0 Å². The molecular formula is C18H27FN2O3. The summed E-state index contributed by atoms with van der Waals surface area (Å²) in [6, 6.07) is 6.46. The minimum Gasteiger partial charge on any atom is -0.382 e. The smallest absolute Gasteiger partial charge is 0.317 e. The molecule has 0 unspecified atom stereocenters. The molecular weight excluding hydrogens is 311 g/mol. The van der Waals surface area contributed by atoms with Crippen LogP contribution in [-0.2, 0) is 15.9 Å². The van der Waals surface area contributed by atoms with Crippen LogP contribution in [0.15, 0.2) is 24.3 Å². The first-order chi connectivity index (χ1) is 11.6. The number of halogens is 1. The van der Waals surface area contributed by atoms with Crippen LogP contribution in [0.1, 0.15) is 25.3 Å². The van der Waals surface area contributed by atoms with Gasteiger partial charge in [-0.05, 0) is 37.8 Å². The molecule has 1 aromatic rings. The van der Waals surface area contributed by atoms with Crippen molar-refractivity contribution >= 4 is 6.03 Å². The Hall–Kier alpha value is -1.66. The first kappa shape index (κ1) is 18.7. The number of hydrogen-bond donors (Lipinski definition) is 1. The summed E-state index contributed by atoms with van der Waals surface area (Å²) in [5.41, 5.74) is 0.621. The Kier molecular flexibility index (Phi) is 7.46. The number of carbonyl (C=O) groups excluding carboxylic acids is 1. The molecule has 1 aliphatic heterocycles. The van der Waals surface area contributed by atoms with Crippen LogP contribution in [-0.4, -0.2) is 56.5 Å². The molecule has 0 aliphatic carbocycles. The highest BCUT2D eigenvalue weighted by atomic mass is 19.1. The predicted molar refractivity (Wildman–Crippen MR) is 90.5 cm³/mol. The number of amides is 2. The maximum absolute atomic E-state index is 13.7.